The molecule has 1 unspecified atom stereocenters. The van der Waals surface area contributed by atoms with E-state index in [-0.39, 0.29) is 12.0 Å². The molecule has 0 bridgehead atoms. The monoisotopic (exact) mass is 482 g/mol. The van der Waals surface area contributed by atoms with Crippen molar-refractivity contribution in [3.8, 4) is 11.4 Å². The Morgan fingerprint density at radius 2 is 2.12 bits per heavy atom. The molecule has 1 saturated heterocycles. The molecule has 0 spiro atoms. The topological polar surface area (TPSA) is 69.5 Å². The SMILES string of the molecule is COc1ccc(Cl)c2sc(N(CC3CCCO3)C(=O)c3cnn(-c4ccccc4)c3C)nc12. The number of methoxy groups -OCH3 is 1. The summed E-state index contributed by atoms with van der Waals surface area (Å²) in [6, 6.07) is 13.3. The minimum Gasteiger partial charge on any atom is -0.494 e. The number of hydrogen-bond acceptors (Lipinski definition) is 6. The Morgan fingerprint density at radius 1 is 1.30 bits per heavy atom. The largest absolute Gasteiger partial charge is 0.494 e. The second-order valence-corrected chi connectivity index (χ2v) is 9.25. The van der Waals surface area contributed by atoms with Crippen molar-refractivity contribution >= 4 is 44.2 Å². The fraction of sp³-hybridized carbons (Fsp3) is 0.292. The number of thiazole rings is 1. The van der Waals surface area contributed by atoms with Crippen molar-refractivity contribution in [2.45, 2.75) is 25.9 Å². The normalized spacial score (nSPS) is 15.8. The summed E-state index contributed by atoms with van der Waals surface area (Å²) < 4.78 is 13.9. The van der Waals surface area contributed by atoms with Crippen molar-refractivity contribution in [1.29, 1.82) is 0 Å². The molecule has 9 heteroatoms. The molecule has 2 aromatic carbocycles. The summed E-state index contributed by atoms with van der Waals surface area (Å²) in [6.45, 7) is 3.02. The van der Waals surface area contributed by atoms with Gasteiger partial charge < -0.3 is 9.47 Å². The third kappa shape index (κ3) is 4.10. The Morgan fingerprint density at radius 3 is 2.85 bits per heavy atom. The van der Waals surface area contributed by atoms with Gasteiger partial charge in [0.05, 0.1) is 52.6 Å². The first-order valence-electron chi connectivity index (χ1n) is 10.7. The highest BCUT2D eigenvalue weighted by Crippen LogP contribution is 2.39. The highest BCUT2D eigenvalue weighted by Gasteiger charge is 2.30. The Balaban J connectivity index is 1.56. The van der Waals surface area contributed by atoms with E-state index >= 15 is 0 Å². The average Bonchev–Trinajstić information content (AvgIpc) is 3.58. The molecule has 0 saturated carbocycles. The molecular weight excluding hydrogens is 460 g/mol. The van der Waals surface area contributed by atoms with Gasteiger partial charge in [-0.25, -0.2) is 9.67 Å². The average molecular weight is 483 g/mol. The molecule has 1 aliphatic heterocycles. The molecule has 7 nitrogen and oxygen atoms in total. The van der Waals surface area contributed by atoms with E-state index in [0.717, 1.165) is 28.9 Å². The summed E-state index contributed by atoms with van der Waals surface area (Å²) in [5.74, 6) is 0.453. The van der Waals surface area contributed by atoms with Gasteiger partial charge in [-0.2, -0.15) is 5.10 Å². The molecule has 1 amide bonds. The zero-order valence-electron chi connectivity index (χ0n) is 18.3. The molecule has 0 N–H and O–H groups in total. The Hall–Kier alpha value is -2.94. The molecule has 0 radical (unpaired) electrons. The van der Waals surface area contributed by atoms with Crippen LogP contribution >= 0.6 is 22.9 Å². The number of nitrogens with zero attached hydrogens (tertiary/aromatic N) is 4. The number of ether oxygens (including phenoxy) is 2. The number of carbonyl (C=O) groups excluding carboxylic acids is 1. The van der Waals surface area contributed by atoms with Gasteiger partial charge in [0.25, 0.3) is 5.91 Å². The summed E-state index contributed by atoms with van der Waals surface area (Å²) in [7, 11) is 1.60. The van der Waals surface area contributed by atoms with Gasteiger partial charge in [0, 0.05) is 6.61 Å². The maximum atomic E-state index is 13.8. The second kappa shape index (κ2) is 9.13. The highest BCUT2D eigenvalue weighted by molar-refractivity contribution is 7.23. The molecular formula is C24H23ClN4O3S. The number of halogens is 1. The van der Waals surface area contributed by atoms with Crippen LogP contribution in [-0.4, -0.2) is 47.0 Å². The zero-order valence-corrected chi connectivity index (χ0v) is 19.9. The van der Waals surface area contributed by atoms with Crippen LogP contribution in [0.3, 0.4) is 0 Å². The van der Waals surface area contributed by atoms with E-state index in [4.69, 9.17) is 26.1 Å². The van der Waals surface area contributed by atoms with E-state index in [0.29, 0.717) is 40.1 Å². The number of rotatable bonds is 6. The maximum absolute atomic E-state index is 13.8. The van der Waals surface area contributed by atoms with E-state index in [2.05, 4.69) is 5.10 Å². The van der Waals surface area contributed by atoms with Crippen LogP contribution in [0.4, 0.5) is 5.13 Å². The lowest BCUT2D eigenvalue weighted by molar-refractivity contribution is 0.0917. The van der Waals surface area contributed by atoms with E-state index in [1.807, 2.05) is 37.3 Å². The van der Waals surface area contributed by atoms with Gasteiger partial charge >= 0.3 is 0 Å². The lowest BCUT2D eigenvalue weighted by Gasteiger charge is -2.23. The zero-order chi connectivity index (χ0) is 22.9. The van der Waals surface area contributed by atoms with E-state index < -0.39 is 0 Å². The number of hydrogen-bond donors (Lipinski definition) is 0. The summed E-state index contributed by atoms with van der Waals surface area (Å²) in [4.78, 5) is 20.3. The molecule has 2 aromatic heterocycles. The molecule has 33 heavy (non-hydrogen) atoms. The minimum absolute atomic E-state index is 0.0391. The van der Waals surface area contributed by atoms with Crippen LogP contribution in [-0.2, 0) is 4.74 Å². The first kappa shape index (κ1) is 21.9. The van der Waals surface area contributed by atoms with Gasteiger partial charge in [-0.05, 0) is 44.0 Å². The molecule has 5 rings (SSSR count). The number of para-hydroxylation sites is 1. The molecule has 4 aromatic rings. The van der Waals surface area contributed by atoms with Gasteiger partial charge in [0.2, 0.25) is 0 Å². The van der Waals surface area contributed by atoms with Crippen LogP contribution < -0.4 is 9.64 Å². The van der Waals surface area contributed by atoms with Crippen LogP contribution in [0.5, 0.6) is 5.75 Å². The summed E-state index contributed by atoms with van der Waals surface area (Å²) >= 11 is 7.82. The predicted molar refractivity (Wildman–Crippen MR) is 130 cm³/mol. The fourth-order valence-corrected chi connectivity index (χ4v) is 5.32. The Bertz CT molecular complexity index is 1300. The molecule has 1 aliphatic rings. The molecule has 3 heterocycles. The summed E-state index contributed by atoms with van der Waals surface area (Å²) in [5, 5.41) is 5.61. The van der Waals surface area contributed by atoms with Crippen molar-refractivity contribution in [2.75, 3.05) is 25.2 Å². The highest BCUT2D eigenvalue weighted by atomic mass is 35.5. The first-order chi connectivity index (χ1) is 16.1. The molecule has 1 atom stereocenters. The number of carbonyl (C=O) groups is 1. The molecule has 1 fully saturated rings. The van der Waals surface area contributed by atoms with E-state index in [1.165, 1.54) is 11.3 Å². The van der Waals surface area contributed by atoms with Crippen molar-refractivity contribution in [3.05, 3.63) is 64.9 Å². The minimum atomic E-state index is -0.167. The van der Waals surface area contributed by atoms with Crippen molar-refractivity contribution in [3.63, 3.8) is 0 Å². The van der Waals surface area contributed by atoms with Crippen molar-refractivity contribution < 1.29 is 14.3 Å². The van der Waals surface area contributed by atoms with Gasteiger partial charge in [-0.1, -0.05) is 41.1 Å². The number of anilines is 1. The van der Waals surface area contributed by atoms with Gasteiger partial charge in [-0.15, -0.1) is 0 Å². The molecule has 0 aliphatic carbocycles. The van der Waals surface area contributed by atoms with E-state index in [1.54, 1.807) is 35.0 Å². The summed E-state index contributed by atoms with van der Waals surface area (Å²) in [6.07, 6.45) is 3.47. The third-order valence-electron chi connectivity index (χ3n) is 5.79. The smallest absolute Gasteiger partial charge is 0.263 e. The maximum Gasteiger partial charge on any atom is 0.263 e. The second-order valence-electron chi connectivity index (χ2n) is 7.87. The van der Waals surface area contributed by atoms with Gasteiger partial charge in [0.15, 0.2) is 5.13 Å². The first-order valence-corrected chi connectivity index (χ1v) is 11.9. The summed E-state index contributed by atoms with van der Waals surface area (Å²) in [5.41, 5.74) is 2.83. The van der Waals surface area contributed by atoms with Crippen LogP contribution in [0.1, 0.15) is 28.9 Å². The van der Waals surface area contributed by atoms with Crippen LogP contribution in [0, 0.1) is 6.92 Å². The lowest BCUT2D eigenvalue weighted by Crippen LogP contribution is -2.37. The van der Waals surface area contributed by atoms with Crippen molar-refractivity contribution in [1.82, 2.24) is 14.8 Å². The predicted octanol–water partition coefficient (Wildman–Crippen LogP) is 5.28. The standard InChI is InChI=1S/C24H23ClN4O3S/c1-15-18(13-26-29(15)16-7-4-3-5-8-16)23(30)28(14-17-9-6-12-32-17)24-27-21-20(31-2)11-10-19(25)22(21)33-24/h3-5,7-8,10-11,13,17H,6,9,12,14H2,1-2H3. The van der Waals surface area contributed by atoms with E-state index in [9.17, 15) is 4.79 Å². The number of aromatic nitrogens is 3. The number of fused-ring (bicyclic) bond motifs is 1. The Labute approximate surface area is 200 Å². The van der Waals surface area contributed by atoms with Crippen LogP contribution in [0.15, 0.2) is 48.7 Å². The number of amides is 1. The lowest BCUT2D eigenvalue weighted by atomic mass is 10.2. The fourth-order valence-electron chi connectivity index (χ4n) is 4.06. The quantitative estimate of drug-likeness (QED) is 0.374. The van der Waals surface area contributed by atoms with Gasteiger partial charge in [-0.3, -0.25) is 9.69 Å². The number of benzene rings is 2. The van der Waals surface area contributed by atoms with Crippen LogP contribution in [0.2, 0.25) is 5.02 Å². The third-order valence-corrected chi connectivity index (χ3v) is 7.33. The Kier molecular flexibility index (Phi) is 6.05. The van der Waals surface area contributed by atoms with Gasteiger partial charge in [0.1, 0.15) is 11.3 Å². The van der Waals surface area contributed by atoms with Crippen LogP contribution in [0.25, 0.3) is 15.9 Å². The van der Waals surface area contributed by atoms with Crippen molar-refractivity contribution in [2.24, 2.45) is 0 Å². The molecule has 170 valence electrons.